The van der Waals surface area contributed by atoms with E-state index in [1.165, 1.54) is 27.8 Å². The molecule has 0 atom stereocenters. The Kier molecular flexibility index (Phi) is 12.3. The van der Waals surface area contributed by atoms with Gasteiger partial charge in [-0.25, -0.2) is 9.67 Å². The Morgan fingerprint density at radius 3 is 2.58 bits per heavy atom. The number of carbonyl (C=O) groups excluding carboxylic acids is 2. The number of anilines is 1. The Morgan fingerprint density at radius 1 is 1.24 bits per heavy atom. The predicted octanol–water partition coefficient (Wildman–Crippen LogP) is 4.33. The quantitative estimate of drug-likeness (QED) is 0.304. The smallest absolute Gasteiger partial charge is 0.272 e. The normalized spacial score (nSPS) is 10.3. The number of amides is 2. The molecule has 0 spiro atoms. The molecule has 0 saturated heterocycles. The Bertz CT molecular complexity index is 1150. The molecule has 0 saturated carbocycles. The van der Waals surface area contributed by atoms with Crippen molar-refractivity contribution in [3.05, 3.63) is 73.5 Å². The summed E-state index contributed by atoms with van der Waals surface area (Å²) in [6.07, 6.45) is 1.54. The van der Waals surface area contributed by atoms with Gasteiger partial charge in [-0.05, 0) is 54.8 Å². The van der Waals surface area contributed by atoms with Crippen LogP contribution in [0.4, 0.5) is 5.69 Å². The SMILES string of the molecule is CN(C)[N-]N(C)C(=O)c1cc(Br)c[c-]c1NC(=O)c1cc(Br)nn1-c1ncccc1Cl.[Cr].[Y]. The number of rotatable bonds is 6. The topological polar surface area (TPSA) is 97.5 Å². The Balaban J connectivity index is 0.00000272. The van der Waals surface area contributed by atoms with E-state index in [9.17, 15) is 9.59 Å². The average molecular weight is 711 g/mol. The van der Waals surface area contributed by atoms with Crippen LogP contribution in [-0.4, -0.2) is 57.7 Å². The van der Waals surface area contributed by atoms with Crippen molar-refractivity contribution < 1.29 is 59.7 Å². The monoisotopic (exact) mass is 708 g/mol. The minimum atomic E-state index is -0.528. The number of nitrogens with one attached hydrogen (secondary N) is 1. The van der Waals surface area contributed by atoms with Crippen molar-refractivity contribution in [2.45, 2.75) is 0 Å². The third-order valence-electron chi connectivity index (χ3n) is 3.83. The van der Waals surface area contributed by atoms with Crippen LogP contribution in [0.2, 0.25) is 5.02 Å². The fourth-order valence-corrected chi connectivity index (χ4v) is 3.53. The standard InChI is InChI=1S/C19H16Br2ClN7O2.Cr.Y/c1-27(2)26-28(3)19(31)12-9-11(20)6-7-14(12)24-18(30)15-10-16(21)25-29(15)17-13(22)5-4-8-23-17;;/h4-6,8-10H,1-3H3,(H,24,30);;/q-2;;. The summed E-state index contributed by atoms with van der Waals surface area (Å²) in [7, 11) is 4.91. The number of halogens is 3. The van der Waals surface area contributed by atoms with Crippen molar-refractivity contribution in [2.24, 2.45) is 0 Å². The van der Waals surface area contributed by atoms with E-state index in [2.05, 4.69) is 58.9 Å². The van der Waals surface area contributed by atoms with E-state index in [1.807, 2.05) is 0 Å². The summed E-state index contributed by atoms with van der Waals surface area (Å²) in [5, 5.41) is 9.95. The van der Waals surface area contributed by atoms with Crippen molar-refractivity contribution in [2.75, 3.05) is 26.5 Å². The minimum Gasteiger partial charge on any atom is -0.500 e. The molecule has 0 bridgehead atoms. The van der Waals surface area contributed by atoms with Crippen LogP contribution in [-0.2, 0) is 50.1 Å². The fraction of sp³-hybridized carbons (Fsp3) is 0.158. The van der Waals surface area contributed by atoms with Gasteiger partial charge in [-0.1, -0.05) is 21.8 Å². The van der Waals surface area contributed by atoms with Gasteiger partial charge in [0.05, 0.1) is 5.02 Å². The van der Waals surface area contributed by atoms with Gasteiger partial charge in [-0.3, -0.25) is 9.59 Å². The van der Waals surface area contributed by atoms with Crippen LogP contribution in [0.1, 0.15) is 20.8 Å². The number of nitrogens with zero attached hydrogens (tertiary/aromatic N) is 6. The van der Waals surface area contributed by atoms with Gasteiger partial charge in [0, 0.05) is 62.3 Å². The molecule has 0 aliphatic heterocycles. The summed E-state index contributed by atoms with van der Waals surface area (Å²) in [5.41, 5.74) is 4.62. The first-order chi connectivity index (χ1) is 14.7. The fourth-order valence-electron chi connectivity index (χ4n) is 2.61. The summed E-state index contributed by atoms with van der Waals surface area (Å²) in [6.45, 7) is 0. The van der Waals surface area contributed by atoms with E-state index >= 15 is 0 Å². The summed E-state index contributed by atoms with van der Waals surface area (Å²) >= 11 is 12.8. The van der Waals surface area contributed by atoms with Gasteiger partial charge >= 0.3 is 0 Å². The molecule has 0 unspecified atom stereocenters. The second-order valence-electron chi connectivity index (χ2n) is 6.40. The molecule has 3 aromatic rings. The second kappa shape index (κ2) is 13.4. The molecule has 2 heterocycles. The maximum Gasteiger partial charge on any atom is 0.272 e. The molecule has 2 amide bonds. The van der Waals surface area contributed by atoms with Gasteiger partial charge in [0.25, 0.3) is 5.91 Å². The molecule has 14 heteroatoms. The van der Waals surface area contributed by atoms with Crippen molar-refractivity contribution >= 4 is 61.0 Å². The summed E-state index contributed by atoms with van der Waals surface area (Å²) < 4.78 is 2.36. The van der Waals surface area contributed by atoms with Crippen LogP contribution >= 0.6 is 43.5 Å². The molecule has 1 aromatic carbocycles. The van der Waals surface area contributed by atoms with E-state index in [0.717, 1.165) is 0 Å². The van der Waals surface area contributed by atoms with Gasteiger partial charge in [0.2, 0.25) is 0 Å². The van der Waals surface area contributed by atoms with Crippen LogP contribution in [0.15, 0.2) is 45.6 Å². The average Bonchev–Trinajstić information content (AvgIpc) is 3.10. The molecular formula is C19H16Br2ClCrN7O2Y-2. The number of aromatic nitrogens is 3. The molecule has 171 valence electrons. The molecule has 1 radical (unpaired) electrons. The molecule has 0 aliphatic rings. The summed E-state index contributed by atoms with van der Waals surface area (Å²) in [4.78, 5) is 30.2. The number of hydrogen-bond acceptors (Lipinski definition) is 5. The zero-order chi connectivity index (χ0) is 22.7. The Hall–Kier alpha value is -0.674. The van der Waals surface area contributed by atoms with Crippen LogP contribution in [0.5, 0.6) is 0 Å². The van der Waals surface area contributed by atoms with E-state index in [-0.39, 0.29) is 67.0 Å². The minimum absolute atomic E-state index is 0. The maximum absolute atomic E-state index is 13.1. The van der Waals surface area contributed by atoms with Gasteiger partial charge in [-0.15, -0.1) is 22.0 Å². The number of hydrogen-bond donors (Lipinski definition) is 1. The molecule has 3 rings (SSSR count). The summed E-state index contributed by atoms with van der Waals surface area (Å²) in [5.74, 6) is -0.663. The van der Waals surface area contributed by atoms with Crippen LogP contribution < -0.4 is 5.32 Å². The largest absolute Gasteiger partial charge is 0.500 e. The van der Waals surface area contributed by atoms with E-state index < -0.39 is 11.8 Å². The van der Waals surface area contributed by atoms with Gasteiger partial charge < -0.3 is 20.9 Å². The van der Waals surface area contributed by atoms with Gasteiger partial charge in [0.1, 0.15) is 10.3 Å². The van der Waals surface area contributed by atoms with Gasteiger partial charge in [-0.2, -0.15) is 17.2 Å². The maximum atomic E-state index is 13.1. The molecule has 0 fully saturated rings. The van der Waals surface area contributed by atoms with Crippen molar-refractivity contribution in [1.29, 1.82) is 0 Å². The zero-order valence-corrected chi connectivity index (χ0v) is 25.6. The molecule has 2 aromatic heterocycles. The van der Waals surface area contributed by atoms with E-state index in [4.69, 9.17) is 11.6 Å². The third kappa shape index (κ3) is 7.65. The second-order valence-corrected chi connectivity index (χ2v) is 8.53. The van der Waals surface area contributed by atoms with E-state index in [0.29, 0.717) is 19.9 Å². The first kappa shape index (κ1) is 30.4. The molecule has 1 N–H and O–H groups in total. The Labute approximate surface area is 248 Å². The molecule has 9 nitrogen and oxygen atoms in total. The number of carbonyl (C=O) groups is 2. The third-order valence-corrected chi connectivity index (χ3v) is 4.97. The van der Waals surface area contributed by atoms with Gasteiger partial charge in [0.15, 0.2) is 11.7 Å². The predicted molar refractivity (Wildman–Crippen MR) is 124 cm³/mol. The summed E-state index contributed by atoms with van der Waals surface area (Å²) in [6, 6.07) is 10.9. The van der Waals surface area contributed by atoms with Crippen molar-refractivity contribution in [3.63, 3.8) is 0 Å². The molecular weight excluding hydrogens is 694 g/mol. The van der Waals surface area contributed by atoms with Crippen LogP contribution in [0, 0.1) is 6.07 Å². The zero-order valence-electron chi connectivity index (χ0n) is 17.6. The van der Waals surface area contributed by atoms with Crippen LogP contribution in [0.25, 0.3) is 11.4 Å². The molecule has 33 heavy (non-hydrogen) atoms. The molecule has 0 aliphatic carbocycles. The first-order valence-electron chi connectivity index (χ1n) is 8.73. The number of pyridine rings is 1. The van der Waals surface area contributed by atoms with Crippen LogP contribution in [0.3, 0.4) is 0 Å². The number of benzene rings is 1. The van der Waals surface area contributed by atoms with Crippen molar-refractivity contribution in [3.8, 4) is 5.82 Å². The van der Waals surface area contributed by atoms with E-state index in [1.54, 1.807) is 44.6 Å². The Morgan fingerprint density at radius 2 is 1.94 bits per heavy atom. The van der Waals surface area contributed by atoms with Crippen molar-refractivity contribution in [1.82, 2.24) is 24.8 Å². The first-order valence-corrected chi connectivity index (χ1v) is 10.7.